The fourth-order valence-electron chi connectivity index (χ4n) is 0.830. The van der Waals surface area contributed by atoms with Crippen molar-refractivity contribution in [1.82, 2.24) is 9.80 Å². The first-order chi connectivity index (χ1) is 10.1. The van der Waals surface area contributed by atoms with E-state index in [1.54, 1.807) is 0 Å². The van der Waals surface area contributed by atoms with Gasteiger partial charge in [-0.25, -0.2) is 0 Å². The van der Waals surface area contributed by atoms with E-state index >= 15 is 0 Å². The van der Waals surface area contributed by atoms with E-state index in [9.17, 15) is 0 Å². The predicted molar refractivity (Wildman–Crippen MR) is 83.8 cm³/mol. The number of hydrogen-bond acceptors (Lipinski definition) is 2. The summed E-state index contributed by atoms with van der Waals surface area (Å²) < 4.78 is 6.08. The molecule has 0 aliphatic carbocycles. The minimum atomic E-state index is -1.44. The fraction of sp³-hybridized carbons (Fsp3) is 0.333. The summed E-state index contributed by atoms with van der Waals surface area (Å²) in [6.07, 6.45) is 0. The van der Waals surface area contributed by atoms with Crippen LogP contribution in [0.15, 0.2) is 0 Å². The molecule has 0 radical (unpaired) electrons. The van der Waals surface area contributed by atoms with Gasteiger partial charge in [-0.2, -0.15) is 0 Å². The topological polar surface area (TPSA) is 6.48 Å². The maximum absolute atomic E-state index is 3.04. The van der Waals surface area contributed by atoms with E-state index in [0.29, 0.717) is 13.1 Å². The molecular weight excluding hydrogens is 445 g/mol. The van der Waals surface area contributed by atoms with Crippen molar-refractivity contribution in [3.05, 3.63) is 0 Å². The molecule has 0 unspecified atom stereocenters. The van der Waals surface area contributed by atoms with Crippen LogP contribution in [0.25, 0.3) is 0 Å². The molecule has 0 heterocycles. The van der Waals surface area contributed by atoms with Crippen LogP contribution < -0.4 is 0 Å². The summed E-state index contributed by atoms with van der Waals surface area (Å²) in [5.41, 5.74) is 0. The molecule has 0 aromatic rings. The van der Waals surface area contributed by atoms with Crippen molar-refractivity contribution in [2.24, 2.45) is 0 Å². The maximum atomic E-state index is 3.04. The molecule has 100 valence electrons. The molecule has 0 amide bonds. The molecule has 0 fully saturated rings. The molecular formula is C18H16HgN2. The molecule has 0 aromatic heterocycles. The van der Waals surface area contributed by atoms with Gasteiger partial charge in [-0.05, 0) is 0 Å². The van der Waals surface area contributed by atoms with E-state index in [4.69, 9.17) is 0 Å². The van der Waals surface area contributed by atoms with Gasteiger partial charge < -0.3 is 0 Å². The van der Waals surface area contributed by atoms with Crippen molar-refractivity contribution < 1.29 is 24.6 Å². The summed E-state index contributed by atoms with van der Waals surface area (Å²) in [7, 11) is 7.86. The van der Waals surface area contributed by atoms with Gasteiger partial charge >= 0.3 is 142 Å². The molecule has 0 saturated carbocycles. The van der Waals surface area contributed by atoms with E-state index in [0.717, 1.165) is 0 Å². The number of rotatable bonds is 2. The van der Waals surface area contributed by atoms with E-state index in [1.165, 1.54) is 0 Å². The molecule has 0 rings (SSSR count). The van der Waals surface area contributed by atoms with Crippen molar-refractivity contribution in [1.29, 1.82) is 0 Å². The molecule has 3 heteroatoms. The first kappa shape index (κ1) is 19.2. The van der Waals surface area contributed by atoms with Crippen LogP contribution in [-0.4, -0.2) is 51.1 Å². The van der Waals surface area contributed by atoms with E-state index < -0.39 is 24.6 Å². The Hall–Kier alpha value is -1.78. The monoisotopic (exact) mass is 462 g/mol. The SMILES string of the molecule is CN(C)CC#CC#CC#[C][Hg][C]#CC#CC#CCN(C)C. The molecule has 0 atom stereocenters. The third-order valence-corrected chi connectivity index (χ3v) is 4.44. The van der Waals surface area contributed by atoms with Gasteiger partial charge in [0.25, 0.3) is 0 Å². The van der Waals surface area contributed by atoms with Crippen LogP contribution in [0.1, 0.15) is 0 Å². The average molecular weight is 461 g/mol. The van der Waals surface area contributed by atoms with Crippen LogP contribution in [0.4, 0.5) is 0 Å². The van der Waals surface area contributed by atoms with Crippen LogP contribution in [0, 0.1) is 66.1 Å². The van der Waals surface area contributed by atoms with Gasteiger partial charge in [-0.1, -0.05) is 0 Å². The second-order valence-corrected chi connectivity index (χ2v) is 8.48. The summed E-state index contributed by atoms with van der Waals surface area (Å²) in [5, 5.41) is 0. The van der Waals surface area contributed by atoms with Crippen molar-refractivity contribution in [2.75, 3.05) is 41.3 Å². The molecule has 0 aliphatic heterocycles. The Labute approximate surface area is 141 Å². The van der Waals surface area contributed by atoms with Gasteiger partial charge in [-0.15, -0.1) is 0 Å². The summed E-state index contributed by atoms with van der Waals surface area (Å²) in [4.78, 5) is 3.97. The van der Waals surface area contributed by atoms with Crippen molar-refractivity contribution in [3.8, 4) is 66.1 Å². The summed E-state index contributed by atoms with van der Waals surface area (Å²) >= 11 is -1.44. The standard InChI is InChI=1S/2C9H8N.Hg/c2*1-4-5-6-7-8-9-10(2)3;/h2*9H2,2-3H3;. The summed E-state index contributed by atoms with van der Waals surface area (Å²) in [6, 6.07) is 0. The van der Waals surface area contributed by atoms with Gasteiger partial charge in [0.15, 0.2) is 0 Å². The summed E-state index contributed by atoms with van der Waals surface area (Å²) in [5.74, 6) is 27.7. The Bertz CT molecular complexity index is 617. The zero-order valence-electron chi connectivity index (χ0n) is 13.0. The first-order valence-electron chi connectivity index (χ1n) is 6.34. The predicted octanol–water partition coefficient (Wildman–Crippen LogP) is 0.128. The first-order valence-corrected chi connectivity index (χ1v) is 11.8. The molecule has 0 N–H and O–H groups in total. The molecule has 0 saturated heterocycles. The Morgan fingerprint density at radius 1 is 0.571 bits per heavy atom. The van der Waals surface area contributed by atoms with Crippen molar-refractivity contribution in [2.45, 2.75) is 0 Å². The minimum absolute atomic E-state index is 0.712. The van der Waals surface area contributed by atoms with Crippen LogP contribution in [0.2, 0.25) is 0 Å². The Balaban J connectivity index is 4.01. The Kier molecular flexibility index (Phi) is 13.4. The zero-order valence-corrected chi connectivity index (χ0v) is 18.5. The quantitative estimate of drug-likeness (QED) is 0.427. The van der Waals surface area contributed by atoms with Gasteiger partial charge in [0.05, 0.1) is 0 Å². The van der Waals surface area contributed by atoms with Crippen LogP contribution in [0.5, 0.6) is 0 Å². The molecule has 2 nitrogen and oxygen atoms in total. The number of hydrogen-bond donors (Lipinski definition) is 0. The molecule has 0 spiro atoms. The zero-order chi connectivity index (χ0) is 15.8. The molecule has 21 heavy (non-hydrogen) atoms. The van der Waals surface area contributed by atoms with E-state index in [-0.39, 0.29) is 0 Å². The van der Waals surface area contributed by atoms with E-state index in [1.807, 2.05) is 38.0 Å². The van der Waals surface area contributed by atoms with Gasteiger partial charge in [0.1, 0.15) is 0 Å². The Morgan fingerprint density at radius 3 is 1.33 bits per heavy atom. The third kappa shape index (κ3) is 18.2. The van der Waals surface area contributed by atoms with Crippen molar-refractivity contribution >= 4 is 0 Å². The Morgan fingerprint density at radius 2 is 0.952 bits per heavy atom. The van der Waals surface area contributed by atoms with Crippen LogP contribution in [0.3, 0.4) is 0 Å². The van der Waals surface area contributed by atoms with Crippen LogP contribution >= 0.6 is 0 Å². The van der Waals surface area contributed by atoms with Gasteiger partial charge in [-0.3, -0.25) is 0 Å². The summed E-state index contributed by atoms with van der Waals surface area (Å²) in [6.45, 7) is 1.42. The van der Waals surface area contributed by atoms with Crippen molar-refractivity contribution in [3.63, 3.8) is 0 Å². The number of nitrogens with zero attached hydrogens (tertiary/aromatic N) is 2. The normalized spacial score (nSPS) is 6.76. The third-order valence-electron chi connectivity index (χ3n) is 1.70. The fourth-order valence-corrected chi connectivity index (χ4v) is 2.55. The van der Waals surface area contributed by atoms with Crippen LogP contribution in [-0.2, 0) is 24.6 Å². The van der Waals surface area contributed by atoms with Gasteiger partial charge in [0, 0.05) is 0 Å². The van der Waals surface area contributed by atoms with Gasteiger partial charge in [0.2, 0.25) is 0 Å². The molecule has 0 aliphatic rings. The van der Waals surface area contributed by atoms with E-state index in [2.05, 4.69) is 66.1 Å². The molecule has 0 aromatic carbocycles. The second kappa shape index (κ2) is 14.6. The average Bonchev–Trinajstić information content (AvgIpc) is 2.42. The molecule has 0 bridgehead atoms. The second-order valence-electron chi connectivity index (χ2n) is 4.36.